The topological polar surface area (TPSA) is 144 Å². The number of piperidine rings is 1. The van der Waals surface area contributed by atoms with Gasteiger partial charge in [0, 0.05) is 35.7 Å². The normalized spacial score (nSPS) is 20.1. The smallest absolute Gasteiger partial charge is 0.266 e. The SMILES string of the molecule is C[C@@H](C(=O)Nc1ccc(Cl)c(OCCCCCCOc2cccc3c2C(=O)N(C2CCC(=O)NC2=O)C3=O)c1)C1CCC(c2ccnc3ccc(F)cc23)CC1. The zero-order chi connectivity index (χ0) is 39.3. The van der Waals surface area contributed by atoms with E-state index in [1.807, 2.05) is 13.0 Å². The molecule has 1 aliphatic carbocycles. The fourth-order valence-corrected chi connectivity index (χ4v) is 8.29. The van der Waals surface area contributed by atoms with Crippen molar-refractivity contribution in [2.24, 2.45) is 11.8 Å². The molecule has 5 amide bonds. The van der Waals surface area contributed by atoms with E-state index in [0.717, 1.165) is 66.3 Å². The number of amides is 5. The molecular formula is C43H44ClFN4O7. The third-order valence-corrected chi connectivity index (χ3v) is 11.6. The summed E-state index contributed by atoms with van der Waals surface area (Å²) in [5.74, 6) is -1.44. The number of imide groups is 2. The molecule has 3 heterocycles. The second-order valence-corrected chi connectivity index (χ2v) is 15.2. The number of carbonyl (C=O) groups excluding carboxylic acids is 5. The number of carbonyl (C=O) groups is 5. The van der Waals surface area contributed by atoms with Gasteiger partial charge in [0.2, 0.25) is 17.7 Å². The molecule has 3 aromatic carbocycles. The van der Waals surface area contributed by atoms with Crippen LogP contribution < -0.4 is 20.1 Å². The minimum atomic E-state index is -1.03. The number of anilines is 1. The fourth-order valence-electron chi connectivity index (χ4n) is 8.11. The number of hydrogen-bond acceptors (Lipinski definition) is 8. The maximum absolute atomic E-state index is 14.0. The fraction of sp³-hybridized carbons (Fsp3) is 0.395. The van der Waals surface area contributed by atoms with Gasteiger partial charge in [-0.15, -0.1) is 0 Å². The molecule has 292 valence electrons. The maximum atomic E-state index is 14.0. The van der Waals surface area contributed by atoms with Crippen LogP contribution in [-0.2, 0) is 14.4 Å². The Balaban J connectivity index is 0.826. The van der Waals surface area contributed by atoms with Gasteiger partial charge in [0.05, 0.1) is 34.9 Å². The zero-order valence-electron chi connectivity index (χ0n) is 31.2. The number of nitrogens with zero attached hydrogens (tertiary/aromatic N) is 2. The van der Waals surface area contributed by atoms with Gasteiger partial charge in [-0.05, 0) is 124 Å². The monoisotopic (exact) mass is 782 g/mol. The Kier molecular flexibility index (Phi) is 11.9. The number of fused-ring (bicyclic) bond motifs is 2. The van der Waals surface area contributed by atoms with Crippen LogP contribution in [0.2, 0.25) is 5.02 Å². The molecule has 1 saturated heterocycles. The van der Waals surface area contributed by atoms with Gasteiger partial charge in [0.1, 0.15) is 23.4 Å². The Hall–Kier alpha value is -5.36. The van der Waals surface area contributed by atoms with Gasteiger partial charge in [-0.25, -0.2) is 4.39 Å². The Bertz CT molecular complexity index is 2170. The summed E-state index contributed by atoms with van der Waals surface area (Å²) in [6.45, 7) is 2.73. The number of nitrogens with one attached hydrogen (secondary N) is 2. The molecule has 4 aromatic rings. The van der Waals surface area contributed by atoms with E-state index in [1.54, 1.807) is 48.7 Å². The van der Waals surface area contributed by atoms with Crippen molar-refractivity contribution in [2.45, 2.75) is 83.1 Å². The van der Waals surface area contributed by atoms with Crippen molar-refractivity contribution in [3.8, 4) is 11.5 Å². The summed E-state index contributed by atoms with van der Waals surface area (Å²) < 4.78 is 25.9. The predicted octanol–water partition coefficient (Wildman–Crippen LogP) is 8.00. The second-order valence-electron chi connectivity index (χ2n) is 14.8. The average Bonchev–Trinajstić information content (AvgIpc) is 3.45. The molecule has 1 unspecified atom stereocenters. The van der Waals surface area contributed by atoms with E-state index < -0.39 is 29.7 Å². The highest BCUT2D eigenvalue weighted by Crippen LogP contribution is 2.41. The molecule has 13 heteroatoms. The first-order valence-corrected chi connectivity index (χ1v) is 19.7. The van der Waals surface area contributed by atoms with Crippen molar-refractivity contribution in [3.63, 3.8) is 0 Å². The molecule has 11 nitrogen and oxygen atoms in total. The summed E-state index contributed by atoms with van der Waals surface area (Å²) in [6, 6.07) is 15.7. The summed E-state index contributed by atoms with van der Waals surface area (Å²) >= 11 is 6.43. The molecular weight excluding hydrogens is 739 g/mol. The van der Waals surface area contributed by atoms with Crippen molar-refractivity contribution >= 4 is 57.7 Å². The first-order valence-electron chi connectivity index (χ1n) is 19.3. The van der Waals surface area contributed by atoms with Crippen LogP contribution in [0, 0.1) is 17.7 Å². The van der Waals surface area contributed by atoms with Crippen molar-refractivity contribution in [1.82, 2.24) is 15.2 Å². The van der Waals surface area contributed by atoms with Gasteiger partial charge < -0.3 is 14.8 Å². The van der Waals surface area contributed by atoms with Gasteiger partial charge in [0.25, 0.3) is 11.8 Å². The molecule has 2 aliphatic heterocycles. The lowest BCUT2D eigenvalue weighted by molar-refractivity contribution is -0.136. The molecule has 1 aromatic heterocycles. The van der Waals surface area contributed by atoms with Crippen molar-refractivity contribution in [3.05, 3.63) is 94.4 Å². The largest absolute Gasteiger partial charge is 0.493 e. The molecule has 1 saturated carbocycles. The van der Waals surface area contributed by atoms with Crippen LogP contribution in [0.3, 0.4) is 0 Å². The van der Waals surface area contributed by atoms with Crippen molar-refractivity contribution in [1.29, 1.82) is 0 Å². The lowest BCUT2D eigenvalue weighted by atomic mass is 9.73. The molecule has 0 spiro atoms. The zero-order valence-corrected chi connectivity index (χ0v) is 31.9. The lowest BCUT2D eigenvalue weighted by Crippen LogP contribution is -2.54. The molecule has 0 radical (unpaired) electrons. The quantitative estimate of drug-likeness (QED) is 0.0968. The van der Waals surface area contributed by atoms with Crippen molar-refractivity contribution in [2.75, 3.05) is 18.5 Å². The molecule has 0 bridgehead atoms. The van der Waals surface area contributed by atoms with Crippen LogP contribution in [0.15, 0.2) is 66.9 Å². The lowest BCUT2D eigenvalue weighted by Gasteiger charge is -2.32. The maximum Gasteiger partial charge on any atom is 0.266 e. The first kappa shape index (κ1) is 38.9. The highest BCUT2D eigenvalue weighted by molar-refractivity contribution is 6.32. The van der Waals surface area contributed by atoms with Gasteiger partial charge >= 0.3 is 0 Å². The number of unbranched alkanes of at least 4 members (excludes halogenated alkanes) is 3. The average molecular weight is 783 g/mol. The summed E-state index contributed by atoms with van der Waals surface area (Å²) in [5, 5.41) is 6.56. The standard InChI is InChI=1S/C43H44ClFN4O7/c1-25(26-9-11-27(12-10-26)30-19-20-46-34-16-13-28(45)23-32(30)34)40(51)47-29-14-15-33(44)37(24-29)56-22-5-3-2-4-21-55-36-8-6-7-31-39(36)43(54)49(42(31)53)35-17-18-38(50)48-41(35)52/h6-8,13-16,19-20,23-27,35H,2-5,9-12,17-18,21-22H2,1H3,(H,47,51)(H,48,50,52)/t25-,26?,27?,35?/m1/s1. The third kappa shape index (κ3) is 8.40. The Morgan fingerprint density at radius 1 is 0.911 bits per heavy atom. The highest BCUT2D eigenvalue weighted by Gasteiger charge is 2.46. The van der Waals surface area contributed by atoms with Gasteiger partial charge in [-0.3, -0.25) is 39.2 Å². The van der Waals surface area contributed by atoms with E-state index in [9.17, 15) is 28.4 Å². The Labute approximate surface area is 329 Å². The molecule has 2 N–H and O–H groups in total. The van der Waals surface area contributed by atoms with E-state index in [0.29, 0.717) is 42.0 Å². The van der Waals surface area contributed by atoms with E-state index in [-0.39, 0.29) is 53.3 Å². The minimum Gasteiger partial charge on any atom is -0.493 e. The van der Waals surface area contributed by atoms with E-state index >= 15 is 0 Å². The molecule has 7 rings (SSSR count). The minimum absolute atomic E-state index is 0.0523. The molecule has 2 fully saturated rings. The second kappa shape index (κ2) is 17.2. The number of aromatic nitrogens is 1. The predicted molar refractivity (Wildman–Crippen MR) is 208 cm³/mol. The van der Waals surface area contributed by atoms with Crippen molar-refractivity contribution < 1.29 is 37.8 Å². The number of hydrogen-bond donors (Lipinski definition) is 2. The van der Waals surface area contributed by atoms with Crippen LogP contribution in [0.1, 0.15) is 103 Å². The number of ether oxygens (including phenoxy) is 2. The van der Waals surface area contributed by atoms with Gasteiger partial charge in [-0.2, -0.15) is 0 Å². The van der Waals surface area contributed by atoms with Gasteiger partial charge in [0.15, 0.2) is 0 Å². The highest BCUT2D eigenvalue weighted by atomic mass is 35.5. The number of rotatable bonds is 14. The number of benzene rings is 3. The van der Waals surface area contributed by atoms with E-state index in [2.05, 4.69) is 15.6 Å². The summed E-state index contributed by atoms with van der Waals surface area (Å²) in [5.41, 5.74) is 2.85. The number of pyridine rings is 1. The van der Waals surface area contributed by atoms with Crippen LogP contribution >= 0.6 is 11.6 Å². The van der Waals surface area contributed by atoms with Crippen LogP contribution in [-0.4, -0.2) is 58.7 Å². The van der Waals surface area contributed by atoms with Crippen LogP contribution in [0.5, 0.6) is 11.5 Å². The van der Waals surface area contributed by atoms with Gasteiger partial charge in [-0.1, -0.05) is 24.6 Å². The Morgan fingerprint density at radius 3 is 2.41 bits per heavy atom. The van der Waals surface area contributed by atoms with Crippen LogP contribution in [0.25, 0.3) is 10.9 Å². The van der Waals surface area contributed by atoms with E-state index in [4.69, 9.17) is 21.1 Å². The third-order valence-electron chi connectivity index (χ3n) is 11.3. The molecule has 56 heavy (non-hydrogen) atoms. The first-order chi connectivity index (χ1) is 27.1. The number of halogens is 2. The summed E-state index contributed by atoms with van der Waals surface area (Å²) in [7, 11) is 0. The van der Waals surface area contributed by atoms with Crippen LogP contribution in [0.4, 0.5) is 10.1 Å². The summed E-state index contributed by atoms with van der Waals surface area (Å²) in [6.07, 6.45) is 8.71. The molecule has 2 atom stereocenters. The van der Waals surface area contributed by atoms with E-state index in [1.165, 1.54) is 12.1 Å². The Morgan fingerprint density at radius 2 is 1.66 bits per heavy atom. The summed E-state index contributed by atoms with van der Waals surface area (Å²) in [4.78, 5) is 68.9. The molecule has 3 aliphatic rings.